The largest absolute Gasteiger partial charge is 0.350 e. The number of rotatable bonds is 8. The minimum absolute atomic E-state index is 0.000237. The van der Waals surface area contributed by atoms with Crippen molar-refractivity contribution in [1.29, 1.82) is 0 Å². The van der Waals surface area contributed by atoms with Gasteiger partial charge in [-0.25, -0.2) is 13.1 Å². The molecule has 2 amide bonds. The molecule has 2 N–H and O–H groups in total. The Balaban J connectivity index is 1.30. The van der Waals surface area contributed by atoms with E-state index in [-0.39, 0.29) is 35.6 Å². The number of nitrogens with one attached hydrogen (secondary N) is 2. The number of hydrogen-bond acceptors (Lipinski definition) is 5. The zero-order chi connectivity index (χ0) is 21.1. The summed E-state index contributed by atoms with van der Waals surface area (Å²) in [5, 5.41) is 2.71. The Bertz CT molecular complexity index is 1050. The summed E-state index contributed by atoms with van der Waals surface area (Å²) in [5.74, 6) is 0.00979. The van der Waals surface area contributed by atoms with Crippen molar-refractivity contribution in [2.45, 2.75) is 37.1 Å². The lowest BCUT2D eigenvalue weighted by Crippen LogP contribution is -2.31. The van der Waals surface area contributed by atoms with Crippen molar-refractivity contribution in [3.05, 3.63) is 53.9 Å². The number of nitrogens with zero attached hydrogens (tertiary/aromatic N) is 2. The molecule has 2 aromatic rings. The molecule has 1 aromatic heterocycles. The van der Waals surface area contributed by atoms with E-state index in [0.717, 1.165) is 29.8 Å². The van der Waals surface area contributed by atoms with Gasteiger partial charge in [0.2, 0.25) is 21.8 Å². The molecule has 2 aliphatic rings. The summed E-state index contributed by atoms with van der Waals surface area (Å²) in [6.07, 6.45) is 4.20. The van der Waals surface area contributed by atoms with Gasteiger partial charge in [-0.3, -0.25) is 14.6 Å². The maximum atomic E-state index is 12.6. The summed E-state index contributed by atoms with van der Waals surface area (Å²) >= 11 is 0. The Morgan fingerprint density at radius 3 is 2.73 bits per heavy atom. The van der Waals surface area contributed by atoms with Gasteiger partial charge in [-0.15, -0.1) is 0 Å². The van der Waals surface area contributed by atoms with E-state index in [9.17, 15) is 18.0 Å². The van der Waals surface area contributed by atoms with Gasteiger partial charge < -0.3 is 10.2 Å². The molecule has 0 bridgehead atoms. The number of amides is 2. The van der Waals surface area contributed by atoms with Gasteiger partial charge in [0.15, 0.2) is 0 Å². The predicted molar refractivity (Wildman–Crippen MR) is 111 cm³/mol. The summed E-state index contributed by atoms with van der Waals surface area (Å²) in [5.41, 5.74) is 2.40. The summed E-state index contributed by atoms with van der Waals surface area (Å²) in [7, 11) is -3.73. The minimum atomic E-state index is -3.73. The first-order valence-electron chi connectivity index (χ1n) is 10.0. The van der Waals surface area contributed by atoms with Crippen LogP contribution in [0.3, 0.4) is 0 Å². The number of fused-ring (bicyclic) bond motifs is 1. The fourth-order valence-electron chi connectivity index (χ4n) is 3.49. The first-order chi connectivity index (χ1) is 14.4. The molecule has 2 heterocycles. The highest BCUT2D eigenvalue weighted by Crippen LogP contribution is 2.37. The molecule has 1 saturated carbocycles. The molecular weight excluding hydrogens is 404 g/mol. The number of carbonyl (C=O) groups excluding carboxylic acids is 2. The van der Waals surface area contributed by atoms with Crippen molar-refractivity contribution in [3.8, 4) is 0 Å². The molecule has 0 atom stereocenters. The van der Waals surface area contributed by atoms with Crippen LogP contribution in [0.2, 0.25) is 0 Å². The van der Waals surface area contributed by atoms with Crippen LogP contribution in [0.5, 0.6) is 0 Å². The van der Waals surface area contributed by atoms with Gasteiger partial charge in [-0.2, -0.15) is 0 Å². The van der Waals surface area contributed by atoms with E-state index in [1.807, 2.05) is 6.07 Å². The number of carbonyl (C=O) groups is 2. The Hall–Kier alpha value is -2.78. The normalized spacial score (nSPS) is 15.7. The molecule has 9 heteroatoms. The smallest absolute Gasteiger partial charge is 0.240 e. The Morgan fingerprint density at radius 2 is 2.00 bits per heavy atom. The van der Waals surface area contributed by atoms with E-state index in [4.69, 9.17) is 0 Å². The van der Waals surface area contributed by atoms with E-state index in [1.165, 1.54) is 6.07 Å². The summed E-state index contributed by atoms with van der Waals surface area (Å²) in [6, 6.07) is 10.3. The molecule has 0 saturated heterocycles. The lowest BCUT2D eigenvalue weighted by molar-refractivity contribution is -0.121. The summed E-state index contributed by atoms with van der Waals surface area (Å²) < 4.78 is 27.7. The molecule has 1 aliphatic heterocycles. The molecule has 158 valence electrons. The second kappa shape index (κ2) is 8.53. The topological polar surface area (TPSA) is 108 Å². The van der Waals surface area contributed by atoms with Gasteiger partial charge in [0.25, 0.3) is 0 Å². The van der Waals surface area contributed by atoms with Crippen LogP contribution in [0.1, 0.15) is 30.5 Å². The van der Waals surface area contributed by atoms with Crippen molar-refractivity contribution in [3.63, 3.8) is 0 Å². The molecule has 1 aromatic carbocycles. The van der Waals surface area contributed by atoms with E-state index >= 15 is 0 Å². The Labute approximate surface area is 175 Å². The molecule has 1 fully saturated rings. The third kappa shape index (κ3) is 4.68. The van der Waals surface area contributed by atoms with Crippen LogP contribution in [0.25, 0.3) is 0 Å². The molecule has 4 rings (SSSR count). The van der Waals surface area contributed by atoms with E-state index in [1.54, 1.807) is 35.4 Å². The van der Waals surface area contributed by atoms with Crippen molar-refractivity contribution in [2.24, 2.45) is 5.92 Å². The van der Waals surface area contributed by atoms with E-state index in [0.29, 0.717) is 19.5 Å². The highest BCUT2D eigenvalue weighted by Gasteiger charge is 2.36. The third-order valence-corrected chi connectivity index (χ3v) is 6.75. The van der Waals surface area contributed by atoms with Crippen LogP contribution in [0, 0.1) is 5.92 Å². The van der Waals surface area contributed by atoms with Crippen LogP contribution in [0.15, 0.2) is 47.5 Å². The standard InChI is InChI=1S/C21H24N4O4S/c26-20(23-14-17-3-1-2-10-22-17)8-11-24-30(28,29)18-6-7-19-16(13-18)9-12-25(19)21(27)15-4-5-15/h1-3,6-7,10,13,15,24H,4-5,8-9,11-12,14H2,(H,23,26). The second-order valence-electron chi connectivity index (χ2n) is 7.55. The number of anilines is 1. The second-order valence-corrected chi connectivity index (χ2v) is 9.32. The SMILES string of the molecule is O=C(CCNS(=O)(=O)c1ccc2c(c1)CCN2C(=O)C1CC1)NCc1ccccn1. The Morgan fingerprint density at radius 1 is 1.17 bits per heavy atom. The van der Waals surface area contributed by atoms with Gasteiger partial charge in [0.05, 0.1) is 17.1 Å². The van der Waals surface area contributed by atoms with Crippen molar-refractivity contribution >= 4 is 27.5 Å². The molecular formula is C21H24N4O4S. The zero-order valence-electron chi connectivity index (χ0n) is 16.5. The predicted octanol–water partition coefficient (Wildman–Crippen LogP) is 1.37. The van der Waals surface area contributed by atoms with Gasteiger partial charge in [-0.1, -0.05) is 6.07 Å². The number of aromatic nitrogens is 1. The molecule has 30 heavy (non-hydrogen) atoms. The van der Waals surface area contributed by atoms with Crippen molar-refractivity contribution < 1.29 is 18.0 Å². The van der Waals surface area contributed by atoms with Crippen molar-refractivity contribution in [1.82, 2.24) is 15.0 Å². The highest BCUT2D eigenvalue weighted by molar-refractivity contribution is 7.89. The Kier molecular flexibility index (Phi) is 5.83. The van der Waals surface area contributed by atoms with Crippen LogP contribution >= 0.6 is 0 Å². The quantitative estimate of drug-likeness (QED) is 0.660. The molecule has 0 radical (unpaired) electrons. The van der Waals surface area contributed by atoms with Gasteiger partial charge >= 0.3 is 0 Å². The van der Waals surface area contributed by atoms with Gasteiger partial charge in [-0.05, 0) is 55.2 Å². The maximum Gasteiger partial charge on any atom is 0.240 e. The number of hydrogen-bond donors (Lipinski definition) is 2. The van der Waals surface area contributed by atoms with E-state index < -0.39 is 10.0 Å². The van der Waals surface area contributed by atoms with E-state index in [2.05, 4.69) is 15.0 Å². The molecule has 1 aliphatic carbocycles. The molecule has 0 spiro atoms. The fraction of sp³-hybridized carbons (Fsp3) is 0.381. The van der Waals surface area contributed by atoms with Crippen molar-refractivity contribution in [2.75, 3.05) is 18.0 Å². The average molecular weight is 429 g/mol. The third-order valence-electron chi connectivity index (χ3n) is 5.29. The maximum absolute atomic E-state index is 12.6. The van der Waals surface area contributed by atoms with Crippen LogP contribution < -0.4 is 14.9 Å². The zero-order valence-corrected chi connectivity index (χ0v) is 17.3. The average Bonchev–Trinajstić information content (AvgIpc) is 3.51. The molecule has 8 nitrogen and oxygen atoms in total. The lowest BCUT2D eigenvalue weighted by atomic mass is 10.2. The van der Waals surface area contributed by atoms with Crippen LogP contribution in [-0.4, -0.2) is 38.3 Å². The summed E-state index contributed by atoms with van der Waals surface area (Å²) in [4.78, 5) is 30.3. The molecule has 0 unspecified atom stereocenters. The first-order valence-corrected chi connectivity index (χ1v) is 11.5. The monoisotopic (exact) mass is 428 g/mol. The number of sulfonamides is 1. The van der Waals surface area contributed by atoms with Gasteiger partial charge in [0.1, 0.15) is 0 Å². The number of pyridine rings is 1. The van der Waals surface area contributed by atoms with Crippen LogP contribution in [0.4, 0.5) is 5.69 Å². The van der Waals surface area contributed by atoms with Gasteiger partial charge in [0, 0.05) is 37.3 Å². The highest BCUT2D eigenvalue weighted by atomic mass is 32.2. The summed E-state index contributed by atoms with van der Waals surface area (Å²) in [6.45, 7) is 0.894. The lowest BCUT2D eigenvalue weighted by Gasteiger charge is -2.17. The first kappa shape index (κ1) is 20.5. The van der Waals surface area contributed by atoms with Crippen LogP contribution in [-0.2, 0) is 32.6 Å². The minimum Gasteiger partial charge on any atom is -0.350 e. The fourth-order valence-corrected chi connectivity index (χ4v) is 4.57. The number of benzene rings is 1.